The lowest BCUT2D eigenvalue weighted by atomic mass is 9.96. The molecule has 0 spiro atoms. The molecule has 0 aliphatic heterocycles. The second-order valence-corrected chi connectivity index (χ2v) is 5.87. The number of hydrogen-bond donors (Lipinski definition) is 1. The topological polar surface area (TPSA) is 64.9 Å². The summed E-state index contributed by atoms with van der Waals surface area (Å²) in [7, 11) is 0. The van der Waals surface area contributed by atoms with Gasteiger partial charge < -0.3 is 10.3 Å². The Morgan fingerprint density at radius 2 is 2.15 bits per heavy atom. The third-order valence-electron chi connectivity index (χ3n) is 4.28. The maximum absolute atomic E-state index is 5.82. The molecule has 3 rings (SSSR count). The molecule has 0 fully saturated rings. The molecule has 2 aromatic rings. The molecule has 1 aromatic heterocycles. The molecule has 0 saturated carbocycles. The first-order chi connectivity index (χ1) is 9.70. The molecule has 0 bridgehead atoms. The summed E-state index contributed by atoms with van der Waals surface area (Å²) < 4.78 is 5.47. The van der Waals surface area contributed by atoms with Crippen molar-refractivity contribution in [1.82, 2.24) is 10.1 Å². The van der Waals surface area contributed by atoms with Crippen LogP contribution in [0, 0.1) is 5.92 Å². The summed E-state index contributed by atoms with van der Waals surface area (Å²) in [6, 6.07) is 8.53. The molecule has 4 heteroatoms. The third kappa shape index (κ3) is 2.24. The largest absolute Gasteiger partial charge is 0.339 e. The van der Waals surface area contributed by atoms with E-state index in [4.69, 9.17) is 10.3 Å². The molecule has 0 amide bonds. The van der Waals surface area contributed by atoms with Gasteiger partial charge in [0, 0.05) is 12.5 Å². The molecule has 1 aliphatic rings. The standard InChI is InChI=1S/C16H21N3O/c1-10(2)14(9-17)16-18-15(19-20-16)13-8-7-11-5-3-4-6-12(11)13/h3-6,10,13-14H,7-9,17H2,1-2H3. The van der Waals surface area contributed by atoms with Gasteiger partial charge in [0.2, 0.25) is 5.89 Å². The molecule has 1 aromatic carbocycles. The van der Waals surface area contributed by atoms with Crippen LogP contribution in [-0.2, 0) is 6.42 Å². The van der Waals surface area contributed by atoms with E-state index < -0.39 is 0 Å². The zero-order chi connectivity index (χ0) is 14.1. The summed E-state index contributed by atoms with van der Waals surface area (Å²) in [6.07, 6.45) is 2.16. The van der Waals surface area contributed by atoms with Gasteiger partial charge in [-0.05, 0) is 29.9 Å². The Hall–Kier alpha value is -1.68. The molecule has 0 radical (unpaired) electrons. The summed E-state index contributed by atoms with van der Waals surface area (Å²) in [6.45, 7) is 4.80. The van der Waals surface area contributed by atoms with Gasteiger partial charge in [-0.3, -0.25) is 0 Å². The van der Waals surface area contributed by atoms with Crippen LogP contribution >= 0.6 is 0 Å². The van der Waals surface area contributed by atoms with Gasteiger partial charge in [0.05, 0.1) is 5.92 Å². The molecular formula is C16H21N3O. The maximum Gasteiger partial charge on any atom is 0.231 e. The minimum Gasteiger partial charge on any atom is -0.339 e. The first-order valence-corrected chi connectivity index (χ1v) is 7.32. The van der Waals surface area contributed by atoms with E-state index in [1.807, 2.05) is 0 Å². The van der Waals surface area contributed by atoms with Gasteiger partial charge in [0.1, 0.15) is 0 Å². The number of aryl methyl sites for hydroxylation is 1. The number of aromatic nitrogens is 2. The summed E-state index contributed by atoms with van der Waals surface area (Å²) in [5.41, 5.74) is 8.56. The first-order valence-electron chi connectivity index (χ1n) is 7.32. The Balaban J connectivity index is 1.88. The molecule has 106 valence electrons. The second kappa shape index (κ2) is 5.37. The van der Waals surface area contributed by atoms with Crippen LogP contribution in [-0.4, -0.2) is 16.7 Å². The molecule has 20 heavy (non-hydrogen) atoms. The van der Waals surface area contributed by atoms with Crippen LogP contribution < -0.4 is 5.73 Å². The lowest BCUT2D eigenvalue weighted by molar-refractivity contribution is 0.321. The predicted molar refractivity (Wildman–Crippen MR) is 77.5 cm³/mol. The monoisotopic (exact) mass is 271 g/mol. The molecule has 2 atom stereocenters. The van der Waals surface area contributed by atoms with Crippen LogP contribution in [0.5, 0.6) is 0 Å². The van der Waals surface area contributed by atoms with Crippen molar-refractivity contribution in [3.63, 3.8) is 0 Å². The molecule has 0 saturated heterocycles. The summed E-state index contributed by atoms with van der Waals surface area (Å²) in [5, 5.41) is 4.21. The fourth-order valence-electron chi connectivity index (χ4n) is 3.02. The van der Waals surface area contributed by atoms with Crippen molar-refractivity contribution in [1.29, 1.82) is 0 Å². The molecule has 1 aliphatic carbocycles. The molecule has 2 unspecified atom stereocenters. The van der Waals surface area contributed by atoms with Crippen LogP contribution in [0.3, 0.4) is 0 Å². The average Bonchev–Trinajstić information content (AvgIpc) is 3.05. The van der Waals surface area contributed by atoms with E-state index >= 15 is 0 Å². The fourth-order valence-corrected chi connectivity index (χ4v) is 3.02. The SMILES string of the molecule is CC(C)C(CN)c1nc(C2CCc3ccccc32)no1. The van der Waals surface area contributed by atoms with Gasteiger partial charge in [-0.1, -0.05) is 43.3 Å². The molecule has 1 heterocycles. The highest BCUT2D eigenvalue weighted by molar-refractivity contribution is 5.38. The van der Waals surface area contributed by atoms with E-state index in [0.717, 1.165) is 18.7 Å². The highest BCUT2D eigenvalue weighted by Crippen LogP contribution is 2.37. The normalized spacial score (nSPS) is 19.3. The third-order valence-corrected chi connectivity index (χ3v) is 4.28. The van der Waals surface area contributed by atoms with E-state index in [9.17, 15) is 0 Å². The number of nitrogens with zero attached hydrogens (tertiary/aromatic N) is 2. The fraction of sp³-hybridized carbons (Fsp3) is 0.500. The highest BCUT2D eigenvalue weighted by atomic mass is 16.5. The van der Waals surface area contributed by atoms with E-state index in [2.05, 4.69) is 48.3 Å². The number of hydrogen-bond acceptors (Lipinski definition) is 4. The smallest absolute Gasteiger partial charge is 0.231 e. The lowest BCUT2D eigenvalue weighted by Crippen LogP contribution is -2.18. The Labute approximate surface area is 119 Å². The van der Waals surface area contributed by atoms with E-state index in [1.165, 1.54) is 11.1 Å². The van der Waals surface area contributed by atoms with Crippen molar-refractivity contribution in [2.24, 2.45) is 11.7 Å². The molecule has 2 N–H and O–H groups in total. The van der Waals surface area contributed by atoms with E-state index in [1.54, 1.807) is 0 Å². The van der Waals surface area contributed by atoms with E-state index in [-0.39, 0.29) is 11.8 Å². The van der Waals surface area contributed by atoms with Gasteiger partial charge in [-0.25, -0.2) is 0 Å². The van der Waals surface area contributed by atoms with E-state index in [0.29, 0.717) is 18.4 Å². The van der Waals surface area contributed by atoms with Crippen LogP contribution in [0.25, 0.3) is 0 Å². The number of fused-ring (bicyclic) bond motifs is 1. The Morgan fingerprint density at radius 3 is 2.90 bits per heavy atom. The Kier molecular flexibility index (Phi) is 3.57. The van der Waals surface area contributed by atoms with Gasteiger partial charge in [0.25, 0.3) is 0 Å². The van der Waals surface area contributed by atoms with Crippen molar-refractivity contribution in [3.8, 4) is 0 Å². The highest BCUT2D eigenvalue weighted by Gasteiger charge is 2.29. The lowest BCUT2D eigenvalue weighted by Gasteiger charge is -2.13. The van der Waals surface area contributed by atoms with Crippen molar-refractivity contribution >= 4 is 0 Å². The zero-order valence-electron chi connectivity index (χ0n) is 12.0. The average molecular weight is 271 g/mol. The molecular weight excluding hydrogens is 250 g/mol. The molecule has 4 nitrogen and oxygen atoms in total. The van der Waals surface area contributed by atoms with Gasteiger partial charge in [-0.15, -0.1) is 0 Å². The number of rotatable bonds is 4. The summed E-state index contributed by atoms with van der Waals surface area (Å²) in [4.78, 5) is 4.63. The van der Waals surface area contributed by atoms with Crippen LogP contribution in [0.4, 0.5) is 0 Å². The maximum atomic E-state index is 5.82. The second-order valence-electron chi connectivity index (χ2n) is 5.87. The van der Waals surface area contributed by atoms with Crippen LogP contribution in [0.15, 0.2) is 28.8 Å². The van der Waals surface area contributed by atoms with Crippen molar-refractivity contribution < 1.29 is 4.52 Å². The minimum absolute atomic E-state index is 0.146. The quantitative estimate of drug-likeness (QED) is 0.928. The van der Waals surface area contributed by atoms with Gasteiger partial charge in [0.15, 0.2) is 5.82 Å². The Bertz CT molecular complexity index is 591. The first kappa shape index (κ1) is 13.3. The van der Waals surface area contributed by atoms with Gasteiger partial charge in [-0.2, -0.15) is 4.98 Å². The zero-order valence-corrected chi connectivity index (χ0v) is 12.0. The number of nitrogens with two attached hydrogens (primary N) is 1. The predicted octanol–water partition coefficient (Wildman–Crippen LogP) is 2.85. The summed E-state index contributed by atoms with van der Waals surface area (Å²) in [5.74, 6) is 2.32. The van der Waals surface area contributed by atoms with Crippen LogP contribution in [0.1, 0.15) is 54.9 Å². The van der Waals surface area contributed by atoms with Gasteiger partial charge >= 0.3 is 0 Å². The van der Waals surface area contributed by atoms with Crippen molar-refractivity contribution in [3.05, 3.63) is 47.1 Å². The Morgan fingerprint density at radius 1 is 1.35 bits per heavy atom. The van der Waals surface area contributed by atoms with Crippen molar-refractivity contribution in [2.75, 3.05) is 6.54 Å². The summed E-state index contributed by atoms with van der Waals surface area (Å²) >= 11 is 0. The number of benzene rings is 1. The minimum atomic E-state index is 0.146. The van der Waals surface area contributed by atoms with Crippen LogP contribution in [0.2, 0.25) is 0 Å². The van der Waals surface area contributed by atoms with Crippen molar-refractivity contribution in [2.45, 2.75) is 38.5 Å².